The Labute approximate surface area is 108 Å². The summed E-state index contributed by atoms with van der Waals surface area (Å²) in [6, 6.07) is 0. The minimum atomic E-state index is -2.98. The Bertz CT molecular complexity index is 488. The first-order chi connectivity index (χ1) is 8.82. The first kappa shape index (κ1) is 13.9. The van der Waals surface area contributed by atoms with E-state index < -0.39 is 23.8 Å². The number of carbonyl (C=O) groups is 1. The lowest BCUT2D eigenvalue weighted by atomic mass is 9.89. The highest BCUT2D eigenvalue weighted by molar-refractivity contribution is 5.85. The molecule has 0 radical (unpaired) electrons. The third-order valence-corrected chi connectivity index (χ3v) is 3.60. The Hall–Kier alpha value is -1.50. The number of nitrogens with zero attached hydrogens (tertiary/aromatic N) is 1. The van der Waals surface area contributed by atoms with Crippen LogP contribution in [0.1, 0.15) is 55.3 Å². The molecule has 0 bridgehead atoms. The van der Waals surface area contributed by atoms with Crippen LogP contribution in [0, 0.1) is 5.92 Å². The van der Waals surface area contributed by atoms with E-state index >= 15 is 0 Å². The molecular formula is C12H15F2NO4. The van der Waals surface area contributed by atoms with Crippen molar-refractivity contribution in [3.63, 3.8) is 0 Å². The van der Waals surface area contributed by atoms with Crippen molar-refractivity contribution in [2.45, 2.75) is 45.3 Å². The van der Waals surface area contributed by atoms with E-state index in [1.165, 1.54) is 0 Å². The Balaban J connectivity index is 2.41. The van der Waals surface area contributed by atoms with E-state index in [-0.39, 0.29) is 29.9 Å². The predicted octanol–water partition coefficient (Wildman–Crippen LogP) is 2.84. The average Bonchev–Trinajstić information content (AvgIpc) is 2.82. The standard InChI is InChI=1S/C12H15F2NO4/c1-4-5(2)18-6(3)7(4)11-15-8(10(13)14)9(19-11)12(16)17/h4-7,10H,1-3H3,(H,16,17). The van der Waals surface area contributed by atoms with Crippen molar-refractivity contribution >= 4 is 5.97 Å². The molecule has 0 amide bonds. The number of aromatic nitrogens is 1. The molecule has 4 unspecified atom stereocenters. The summed E-state index contributed by atoms with van der Waals surface area (Å²) >= 11 is 0. The summed E-state index contributed by atoms with van der Waals surface area (Å²) in [6.45, 7) is 5.55. The van der Waals surface area contributed by atoms with Crippen molar-refractivity contribution in [2.75, 3.05) is 0 Å². The summed E-state index contributed by atoms with van der Waals surface area (Å²) in [5.74, 6) is -2.62. The second-order valence-corrected chi connectivity index (χ2v) is 4.80. The number of hydrogen-bond donors (Lipinski definition) is 1. The number of halogens is 2. The van der Waals surface area contributed by atoms with Crippen LogP contribution < -0.4 is 0 Å². The van der Waals surface area contributed by atoms with Gasteiger partial charge in [0, 0.05) is 0 Å². The second-order valence-electron chi connectivity index (χ2n) is 4.80. The van der Waals surface area contributed by atoms with E-state index in [1.54, 1.807) is 6.92 Å². The number of carboxylic acids is 1. The van der Waals surface area contributed by atoms with Gasteiger partial charge in [0.2, 0.25) is 11.7 Å². The summed E-state index contributed by atoms with van der Waals surface area (Å²) in [4.78, 5) is 14.6. The van der Waals surface area contributed by atoms with Crippen LogP contribution in [0.15, 0.2) is 4.42 Å². The van der Waals surface area contributed by atoms with Crippen LogP contribution in [-0.2, 0) is 4.74 Å². The topological polar surface area (TPSA) is 72.6 Å². The normalized spacial score (nSPS) is 31.1. The molecule has 1 saturated heterocycles. The van der Waals surface area contributed by atoms with Gasteiger partial charge in [-0.15, -0.1) is 0 Å². The molecule has 1 aliphatic rings. The van der Waals surface area contributed by atoms with Gasteiger partial charge >= 0.3 is 5.97 Å². The smallest absolute Gasteiger partial charge is 0.374 e. The molecule has 4 atom stereocenters. The van der Waals surface area contributed by atoms with Crippen LogP contribution in [0.3, 0.4) is 0 Å². The monoisotopic (exact) mass is 275 g/mol. The molecule has 2 rings (SSSR count). The van der Waals surface area contributed by atoms with Gasteiger partial charge in [0.05, 0.1) is 18.1 Å². The summed E-state index contributed by atoms with van der Waals surface area (Å²) in [6.07, 6.45) is -3.29. The van der Waals surface area contributed by atoms with Gasteiger partial charge in [0.25, 0.3) is 6.43 Å². The molecule has 2 heterocycles. The molecule has 106 valence electrons. The summed E-state index contributed by atoms with van der Waals surface area (Å²) < 4.78 is 36.1. The highest BCUT2D eigenvalue weighted by Gasteiger charge is 2.42. The third kappa shape index (κ3) is 2.34. The molecule has 1 aliphatic heterocycles. The maximum absolute atomic E-state index is 12.7. The van der Waals surface area contributed by atoms with Gasteiger partial charge in [0.1, 0.15) is 0 Å². The van der Waals surface area contributed by atoms with Gasteiger partial charge in [-0.1, -0.05) is 6.92 Å². The summed E-state index contributed by atoms with van der Waals surface area (Å²) in [5.41, 5.74) is -0.818. The molecule has 0 saturated carbocycles. The zero-order valence-corrected chi connectivity index (χ0v) is 10.8. The molecule has 1 fully saturated rings. The largest absolute Gasteiger partial charge is 0.475 e. The maximum Gasteiger partial charge on any atom is 0.374 e. The lowest BCUT2D eigenvalue weighted by Gasteiger charge is -2.13. The van der Waals surface area contributed by atoms with E-state index in [0.717, 1.165) is 0 Å². The molecule has 19 heavy (non-hydrogen) atoms. The van der Waals surface area contributed by atoms with Crippen molar-refractivity contribution in [1.82, 2.24) is 4.98 Å². The van der Waals surface area contributed by atoms with Gasteiger partial charge in [0.15, 0.2) is 5.69 Å². The Morgan fingerprint density at radius 1 is 1.32 bits per heavy atom. The van der Waals surface area contributed by atoms with Crippen LogP contribution >= 0.6 is 0 Å². The lowest BCUT2D eigenvalue weighted by molar-refractivity contribution is 0.0538. The molecule has 1 N–H and O–H groups in total. The van der Waals surface area contributed by atoms with Gasteiger partial charge in [-0.3, -0.25) is 0 Å². The van der Waals surface area contributed by atoms with Crippen molar-refractivity contribution in [3.8, 4) is 0 Å². The minimum Gasteiger partial charge on any atom is -0.475 e. The van der Waals surface area contributed by atoms with Gasteiger partial charge in [-0.2, -0.15) is 0 Å². The van der Waals surface area contributed by atoms with Crippen molar-refractivity contribution < 1.29 is 27.8 Å². The number of ether oxygens (including phenoxy) is 1. The third-order valence-electron chi connectivity index (χ3n) is 3.60. The minimum absolute atomic E-state index is 0.0112. The fraction of sp³-hybridized carbons (Fsp3) is 0.667. The molecule has 0 aliphatic carbocycles. The zero-order valence-electron chi connectivity index (χ0n) is 10.8. The van der Waals surface area contributed by atoms with Crippen molar-refractivity contribution in [1.29, 1.82) is 0 Å². The average molecular weight is 275 g/mol. The number of aromatic carboxylic acids is 1. The molecule has 1 aromatic rings. The number of hydrogen-bond acceptors (Lipinski definition) is 4. The van der Waals surface area contributed by atoms with E-state index in [4.69, 9.17) is 14.3 Å². The van der Waals surface area contributed by atoms with Crippen molar-refractivity contribution in [2.24, 2.45) is 5.92 Å². The van der Waals surface area contributed by atoms with Crippen LogP contribution in [0.2, 0.25) is 0 Å². The van der Waals surface area contributed by atoms with Crippen molar-refractivity contribution in [3.05, 3.63) is 17.3 Å². The second kappa shape index (κ2) is 4.88. The van der Waals surface area contributed by atoms with E-state index in [0.29, 0.717) is 0 Å². The quantitative estimate of drug-likeness (QED) is 0.918. The van der Waals surface area contributed by atoms with E-state index in [9.17, 15) is 13.6 Å². The first-order valence-corrected chi connectivity index (χ1v) is 6.00. The maximum atomic E-state index is 12.7. The Kier molecular flexibility index (Phi) is 3.58. The SMILES string of the molecule is CC1OC(C)C(c2nc(C(F)F)c(C(=O)O)o2)C1C. The van der Waals surface area contributed by atoms with E-state index in [1.807, 2.05) is 13.8 Å². The van der Waals surface area contributed by atoms with E-state index in [2.05, 4.69) is 4.98 Å². The molecule has 7 heteroatoms. The van der Waals surface area contributed by atoms with Crippen LogP contribution in [-0.4, -0.2) is 28.3 Å². The van der Waals surface area contributed by atoms with Crippen LogP contribution in [0.4, 0.5) is 8.78 Å². The molecule has 0 aromatic carbocycles. The molecule has 0 spiro atoms. The predicted molar refractivity (Wildman–Crippen MR) is 60.3 cm³/mol. The van der Waals surface area contributed by atoms with Crippen LogP contribution in [0.25, 0.3) is 0 Å². The van der Waals surface area contributed by atoms with Gasteiger partial charge < -0.3 is 14.3 Å². The highest BCUT2D eigenvalue weighted by Crippen LogP contribution is 2.40. The molecule has 1 aromatic heterocycles. The van der Waals surface area contributed by atoms with Crippen LogP contribution in [0.5, 0.6) is 0 Å². The number of carboxylic acid groups (broad SMARTS) is 1. The van der Waals surface area contributed by atoms with Gasteiger partial charge in [-0.05, 0) is 19.8 Å². The molecular weight excluding hydrogens is 260 g/mol. The fourth-order valence-corrected chi connectivity index (χ4v) is 2.49. The number of alkyl halides is 2. The lowest BCUT2D eigenvalue weighted by Crippen LogP contribution is -2.15. The zero-order chi connectivity index (χ0) is 14.3. The summed E-state index contributed by atoms with van der Waals surface area (Å²) in [5, 5.41) is 8.86. The first-order valence-electron chi connectivity index (χ1n) is 6.00. The Morgan fingerprint density at radius 3 is 2.32 bits per heavy atom. The number of rotatable bonds is 3. The Morgan fingerprint density at radius 2 is 1.95 bits per heavy atom. The molecule has 5 nitrogen and oxygen atoms in total. The number of oxazole rings is 1. The van der Waals surface area contributed by atoms with Gasteiger partial charge in [-0.25, -0.2) is 18.6 Å². The highest BCUT2D eigenvalue weighted by atomic mass is 19.3. The summed E-state index contributed by atoms with van der Waals surface area (Å²) in [7, 11) is 0. The fourth-order valence-electron chi connectivity index (χ4n) is 2.49.